The van der Waals surface area contributed by atoms with Gasteiger partial charge in [0.1, 0.15) is 0 Å². The highest BCUT2D eigenvalue weighted by atomic mass is 35.5. The topological polar surface area (TPSA) is 38.0 Å². The Morgan fingerprint density at radius 1 is 1.00 bits per heavy atom. The Bertz CT molecular complexity index is 590. The van der Waals surface area contributed by atoms with Crippen LogP contribution in [0.5, 0.6) is 0 Å². The van der Waals surface area contributed by atoms with Gasteiger partial charge in [-0.1, -0.05) is 29.8 Å². The molecular weight excluding hydrogens is 282 g/mol. The second kappa shape index (κ2) is 6.79. The molecule has 2 aromatic rings. The van der Waals surface area contributed by atoms with Gasteiger partial charge in [-0.15, -0.1) is 0 Å². The molecular formula is C15H15ClF2N2. The van der Waals surface area contributed by atoms with E-state index < -0.39 is 11.6 Å². The molecule has 3 N–H and O–H groups in total. The van der Waals surface area contributed by atoms with Gasteiger partial charge in [0.05, 0.1) is 0 Å². The number of nitrogens with two attached hydrogens (primary N) is 1. The fourth-order valence-corrected chi connectivity index (χ4v) is 2.30. The van der Waals surface area contributed by atoms with E-state index in [1.54, 1.807) is 12.1 Å². The van der Waals surface area contributed by atoms with Gasteiger partial charge in [-0.3, -0.25) is 11.3 Å². The molecule has 5 heteroatoms. The van der Waals surface area contributed by atoms with E-state index in [-0.39, 0.29) is 6.04 Å². The lowest BCUT2D eigenvalue weighted by atomic mass is 9.99. The van der Waals surface area contributed by atoms with Crippen LogP contribution in [0.3, 0.4) is 0 Å². The van der Waals surface area contributed by atoms with Crippen LogP contribution in [0.1, 0.15) is 11.1 Å². The Morgan fingerprint density at radius 2 is 1.70 bits per heavy atom. The molecule has 0 amide bonds. The van der Waals surface area contributed by atoms with Gasteiger partial charge in [0.25, 0.3) is 0 Å². The van der Waals surface area contributed by atoms with Gasteiger partial charge in [0.15, 0.2) is 11.6 Å². The Labute approximate surface area is 121 Å². The first-order chi connectivity index (χ1) is 9.58. The van der Waals surface area contributed by atoms with E-state index in [9.17, 15) is 8.78 Å². The van der Waals surface area contributed by atoms with Gasteiger partial charge >= 0.3 is 0 Å². The largest absolute Gasteiger partial charge is 0.271 e. The Balaban J connectivity index is 2.07. The van der Waals surface area contributed by atoms with Gasteiger partial charge < -0.3 is 0 Å². The lowest BCUT2D eigenvalue weighted by Crippen LogP contribution is -2.38. The van der Waals surface area contributed by atoms with E-state index >= 15 is 0 Å². The van der Waals surface area contributed by atoms with Gasteiger partial charge in [0.2, 0.25) is 0 Å². The number of nitrogens with one attached hydrogen (secondary N) is 1. The van der Waals surface area contributed by atoms with E-state index in [2.05, 4.69) is 5.43 Å². The summed E-state index contributed by atoms with van der Waals surface area (Å²) >= 11 is 5.93. The molecule has 0 bridgehead atoms. The second-order valence-electron chi connectivity index (χ2n) is 4.65. The predicted octanol–water partition coefficient (Wildman–Crippen LogP) is 3.24. The Kier molecular flexibility index (Phi) is 5.06. The van der Waals surface area contributed by atoms with Gasteiger partial charge in [-0.2, -0.15) is 0 Å². The lowest BCUT2D eigenvalue weighted by molar-refractivity contribution is 0.498. The Hall–Kier alpha value is -1.49. The first kappa shape index (κ1) is 14.9. The molecule has 0 aromatic heterocycles. The van der Waals surface area contributed by atoms with Gasteiger partial charge in [-0.05, 0) is 48.2 Å². The van der Waals surface area contributed by atoms with Gasteiger partial charge in [0, 0.05) is 11.1 Å². The third-order valence-corrected chi connectivity index (χ3v) is 3.31. The van der Waals surface area contributed by atoms with Crippen LogP contribution in [-0.4, -0.2) is 6.04 Å². The van der Waals surface area contributed by atoms with Crippen molar-refractivity contribution >= 4 is 11.6 Å². The minimum Gasteiger partial charge on any atom is -0.271 e. The van der Waals surface area contributed by atoms with Crippen LogP contribution < -0.4 is 11.3 Å². The molecule has 106 valence electrons. The maximum absolute atomic E-state index is 13.2. The third kappa shape index (κ3) is 4.00. The SMILES string of the molecule is NNC(Cc1cccc(Cl)c1)Cc1ccc(F)c(F)c1. The van der Waals surface area contributed by atoms with E-state index in [1.165, 1.54) is 6.07 Å². The quantitative estimate of drug-likeness (QED) is 0.657. The zero-order valence-electron chi connectivity index (χ0n) is 10.7. The molecule has 20 heavy (non-hydrogen) atoms. The maximum atomic E-state index is 13.2. The van der Waals surface area contributed by atoms with Crippen molar-refractivity contribution in [2.45, 2.75) is 18.9 Å². The van der Waals surface area contributed by atoms with Crippen molar-refractivity contribution in [3.05, 3.63) is 70.2 Å². The highest BCUT2D eigenvalue weighted by Crippen LogP contribution is 2.15. The molecule has 0 radical (unpaired) electrons. The van der Waals surface area contributed by atoms with Crippen molar-refractivity contribution in [1.82, 2.24) is 5.43 Å². The number of hydrogen-bond donors (Lipinski definition) is 2. The van der Waals surface area contributed by atoms with Crippen molar-refractivity contribution in [3.63, 3.8) is 0 Å². The molecule has 0 aliphatic rings. The molecule has 0 spiro atoms. The molecule has 2 nitrogen and oxygen atoms in total. The number of hydrogen-bond acceptors (Lipinski definition) is 2. The summed E-state index contributed by atoms with van der Waals surface area (Å²) in [6.45, 7) is 0. The van der Waals surface area contributed by atoms with E-state index in [1.807, 2.05) is 18.2 Å². The molecule has 1 atom stereocenters. The lowest BCUT2D eigenvalue weighted by Gasteiger charge is -2.16. The average Bonchev–Trinajstić information content (AvgIpc) is 2.42. The summed E-state index contributed by atoms with van der Waals surface area (Å²) in [4.78, 5) is 0. The fourth-order valence-electron chi connectivity index (χ4n) is 2.09. The summed E-state index contributed by atoms with van der Waals surface area (Å²) in [5.41, 5.74) is 4.41. The summed E-state index contributed by atoms with van der Waals surface area (Å²) in [6, 6.07) is 11.3. The number of rotatable bonds is 5. The van der Waals surface area contributed by atoms with E-state index in [0.717, 1.165) is 11.6 Å². The van der Waals surface area contributed by atoms with E-state index in [4.69, 9.17) is 17.4 Å². The Morgan fingerprint density at radius 3 is 2.30 bits per heavy atom. The van der Waals surface area contributed by atoms with Crippen molar-refractivity contribution in [2.75, 3.05) is 0 Å². The van der Waals surface area contributed by atoms with E-state index in [0.29, 0.717) is 23.4 Å². The normalized spacial score (nSPS) is 12.4. The van der Waals surface area contributed by atoms with Gasteiger partial charge in [-0.25, -0.2) is 8.78 Å². The molecule has 0 aliphatic heterocycles. The van der Waals surface area contributed by atoms with Crippen molar-refractivity contribution in [2.24, 2.45) is 5.84 Å². The summed E-state index contributed by atoms with van der Waals surface area (Å²) in [5.74, 6) is 3.83. The fraction of sp³-hybridized carbons (Fsp3) is 0.200. The zero-order valence-corrected chi connectivity index (χ0v) is 11.5. The zero-order chi connectivity index (χ0) is 14.5. The minimum absolute atomic E-state index is 0.0849. The van der Waals surface area contributed by atoms with Crippen LogP contribution >= 0.6 is 11.6 Å². The van der Waals surface area contributed by atoms with Crippen LogP contribution in [0.4, 0.5) is 8.78 Å². The van der Waals surface area contributed by atoms with Crippen LogP contribution in [0.25, 0.3) is 0 Å². The summed E-state index contributed by atoms with van der Waals surface area (Å²) < 4.78 is 26.0. The predicted molar refractivity (Wildman–Crippen MR) is 76.3 cm³/mol. The highest BCUT2D eigenvalue weighted by molar-refractivity contribution is 6.30. The second-order valence-corrected chi connectivity index (χ2v) is 5.09. The molecule has 0 saturated heterocycles. The number of hydrazine groups is 1. The summed E-state index contributed by atoms with van der Waals surface area (Å²) in [5, 5.41) is 0.658. The van der Waals surface area contributed by atoms with Crippen molar-refractivity contribution in [1.29, 1.82) is 0 Å². The highest BCUT2D eigenvalue weighted by Gasteiger charge is 2.11. The molecule has 2 aromatic carbocycles. The number of halogens is 3. The van der Waals surface area contributed by atoms with Crippen molar-refractivity contribution < 1.29 is 8.78 Å². The standard InChI is InChI=1S/C15H15ClF2N2/c16-12-3-1-2-10(6-12)7-13(20-19)8-11-4-5-14(17)15(18)9-11/h1-6,9,13,20H,7-8,19H2. The molecule has 0 saturated carbocycles. The van der Waals surface area contributed by atoms with Crippen LogP contribution in [0.15, 0.2) is 42.5 Å². The molecule has 0 heterocycles. The van der Waals surface area contributed by atoms with Crippen molar-refractivity contribution in [3.8, 4) is 0 Å². The van der Waals surface area contributed by atoms with Crippen LogP contribution in [-0.2, 0) is 12.8 Å². The maximum Gasteiger partial charge on any atom is 0.159 e. The van der Waals surface area contributed by atoms with Crippen LogP contribution in [0, 0.1) is 11.6 Å². The smallest absolute Gasteiger partial charge is 0.159 e. The number of benzene rings is 2. The van der Waals surface area contributed by atoms with Crippen LogP contribution in [0.2, 0.25) is 5.02 Å². The first-order valence-corrected chi connectivity index (χ1v) is 6.61. The summed E-state index contributed by atoms with van der Waals surface area (Å²) in [6.07, 6.45) is 1.15. The third-order valence-electron chi connectivity index (χ3n) is 3.07. The minimum atomic E-state index is -0.846. The summed E-state index contributed by atoms with van der Waals surface area (Å²) in [7, 11) is 0. The molecule has 0 aliphatic carbocycles. The molecule has 0 fully saturated rings. The first-order valence-electron chi connectivity index (χ1n) is 6.23. The monoisotopic (exact) mass is 296 g/mol. The molecule has 1 unspecified atom stereocenters. The molecule has 2 rings (SSSR count). The average molecular weight is 297 g/mol.